The van der Waals surface area contributed by atoms with Crippen LogP contribution in [0.25, 0.3) is 0 Å². The zero-order valence-electron chi connectivity index (χ0n) is 16.1. The highest BCUT2D eigenvalue weighted by molar-refractivity contribution is 5.90. The Labute approximate surface area is 153 Å². The monoisotopic (exact) mass is 345 g/mol. The third kappa shape index (κ3) is 7.07. The first-order valence-electron chi connectivity index (χ1n) is 10.1. The van der Waals surface area contributed by atoms with Gasteiger partial charge in [-0.1, -0.05) is 12.8 Å². The molecule has 0 saturated carbocycles. The SMILES string of the molecule is CCN(CC)c1ccc(NC(=O)CCCCN2CCCCCC2)cc1. The van der Waals surface area contributed by atoms with E-state index in [1.807, 2.05) is 12.1 Å². The van der Waals surface area contributed by atoms with E-state index < -0.39 is 0 Å². The second-order valence-electron chi connectivity index (χ2n) is 6.98. The van der Waals surface area contributed by atoms with E-state index in [4.69, 9.17) is 0 Å². The fourth-order valence-corrected chi connectivity index (χ4v) is 3.55. The molecule has 0 radical (unpaired) electrons. The minimum absolute atomic E-state index is 0.131. The van der Waals surface area contributed by atoms with Gasteiger partial charge in [0.15, 0.2) is 0 Å². The predicted octanol–water partition coefficient (Wildman–Crippen LogP) is 4.52. The molecule has 0 aliphatic carbocycles. The van der Waals surface area contributed by atoms with Crippen molar-refractivity contribution < 1.29 is 4.79 Å². The van der Waals surface area contributed by atoms with Crippen molar-refractivity contribution >= 4 is 17.3 Å². The molecule has 0 atom stereocenters. The number of likely N-dealkylation sites (tertiary alicyclic amines) is 1. The van der Waals surface area contributed by atoms with Crippen molar-refractivity contribution in [3.63, 3.8) is 0 Å². The van der Waals surface area contributed by atoms with Gasteiger partial charge < -0.3 is 15.1 Å². The van der Waals surface area contributed by atoms with Gasteiger partial charge in [0.05, 0.1) is 0 Å². The van der Waals surface area contributed by atoms with Crippen molar-refractivity contribution in [3.8, 4) is 0 Å². The standard InChI is InChI=1S/C21H35N3O/c1-3-24(4-2)20-14-12-19(13-15-20)22-21(25)11-7-10-18-23-16-8-5-6-9-17-23/h12-15H,3-11,16-18H2,1-2H3,(H,22,25). The maximum absolute atomic E-state index is 12.1. The zero-order valence-corrected chi connectivity index (χ0v) is 16.1. The molecule has 1 aliphatic rings. The van der Waals surface area contributed by atoms with Gasteiger partial charge in [-0.2, -0.15) is 0 Å². The summed E-state index contributed by atoms with van der Waals surface area (Å²) in [6, 6.07) is 8.18. The van der Waals surface area contributed by atoms with E-state index in [1.54, 1.807) is 0 Å². The highest BCUT2D eigenvalue weighted by atomic mass is 16.1. The highest BCUT2D eigenvalue weighted by Crippen LogP contribution is 2.18. The van der Waals surface area contributed by atoms with E-state index in [0.717, 1.165) is 38.2 Å². The normalized spacial score (nSPS) is 15.6. The summed E-state index contributed by atoms with van der Waals surface area (Å²) >= 11 is 0. The Hall–Kier alpha value is -1.55. The fourth-order valence-electron chi connectivity index (χ4n) is 3.55. The summed E-state index contributed by atoms with van der Waals surface area (Å²) < 4.78 is 0. The summed E-state index contributed by atoms with van der Waals surface area (Å²) in [7, 11) is 0. The molecule has 1 aromatic rings. The van der Waals surface area contributed by atoms with E-state index in [2.05, 4.69) is 41.1 Å². The van der Waals surface area contributed by atoms with Crippen molar-refractivity contribution in [1.29, 1.82) is 0 Å². The fraction of sp³-hybridized carbons (Fsp3) is 0.667. The number of carbonyl (C=O) groups is 1. The molecular weight excluding hydrogens is 310 g/mol. The number of carbonyl (C=O) groups excluding carboxylic acids is 1. The first kappa shape index (κ1) is 19.8. The van der Waals surface area contributed by atoms with Gasteiger partial charge in [0, 0.05) is 30.9 Å². The van der Waals surface area contributed by atoms with E-state index >= 15 is 0 Å². The number of anilines is 2. The molecule has 0 aromatic heterocycles. The molecule has 1 aliphatic heterocycles. The van der Waals surface area contributed by atoms with Crippen molar-refractivity contribution in [3.05, 3.63) is 24.3 Å². The molecule has 4 nitrogen and oxygen atoms in total. The summed E-state index contributed by atoms with van der Waals surface area (Å²) in [6.07, 6.45) is 8.14. The molecule has 1 heterocycles. The van der Waals surface area contributed by atoms with Gasteiger partial charge in [-0.05, 0) is 83.4 Å². The number of amides is 1. The second-order valence-corrected chi connectivity index (χ2v) is 6.98. The average molecular weight is 346 g/mol. The predicted molar refractivity (Wildman–Crippen MR) is 107 cm³/mol. The molecule has 0 bridgehead atoms. The van der Waals surface area contributed by atoms with Crippen molar-refractivity contribution in [2.24, 2.45) is 0 Å². The maximum Gasteiger partial charge on any atom is 0.224 e. The minimum Gasteiger partial charge on any atom is -0.372 e. The summed E-state index contributed by atoms with van der Waals surface area (Å²) in [4.78, 5) is 17.0. The zero-order chi connectivity index (χ0) is 17.9. The van der Waals surface area contributed by atoms with E-state index in [1.165, 1.54) is 44.5 Å². The molecular formula is C21H35N3O. The Balaban J connectivity index is 1.66. The van der Waals surface area contributed by atoms with Gasteiger partial charge in [-0.15, -0.1) is 0 Å². The van der Waals surface area contributed by atoms with Gasteiger partial charge in [-0.25, -0.2) is 0 Å². The number of unbranched alkanes of at least 4 members (excludes halogenated alkanes) is 1. The van der Waals surface area contributed by atoms with Crippen LogP contribution in [0.2, 0.25) is 0 Å². The van der Waals surface area contributed by atoms with Crippen LogP contribution in [0.5, 0.6) is 0 Å². The van der Waals surface area contributed by atoms with Crippen molar-refractivity contribution in [2.45, 2.75) is 58.8 Å². The molecule has 4 heteroatoms. The van der Waals surface area contributed by atoms with Gasteiger partial charge in [0.1, 0.15) is 0 Å². The second kappa shape index (κ2) is 11.1. The third-order valence-corrected chi connectivity index (χ3v) is 5.11. The summed E-state index contributed by atoms with van der Waals surface area (Å²) in [5, 5.41) is 3.02. The van der Waals surface area contributed by atoms with Crippen LogP contribution in [0.4, 0.5) is 11.4 Å². The summed E-state index contributed by atoms with van der Waals surface area (Å²) in [5.41, 5.74) is 2.11. The minimum atomic E-state index is 0.131. The lowest BCUT2D eigenvalue weighted by molar-refractivity contribution is -0.116. The smallest absolute Gasteiger partial charge is 0.224 e. The summed E-state index contributed by atoms with van der Waals surface area (Å²) in [6.45, 7) is 9.94. The molecule has 1 saturated heterocycles. The number of benzene rings is 1. The molecule has 1 aromatic carbocycles. The molecule has 25 heavy (non-hydrogen) atoms. The highest BCUT2D eigenvalue weighted by Gasteiger charge is 2.09. The lowest BCUT2D eigenvalue weighted by atomic mass is 10.2. The van der Waals surface area contributed by atoms with Crippen LogP contribution in [0.1, 0.15) is 58.8 Å². The molecule has 0 spiro atoms. The molecule has 1 N–H and O–H groups in total. The van der Waals surface area contributed by atoms with Gasteiger partial charge in [-0.3, -0.25) is 4.79 Å². The maximum atomic E-state index is 12.1. The Kier molecular flexibility index (Phi) is 8.81. The molecule has 0 unspecified atom stereocenters. The first-order valence-corrected chi connectivity index (χ1v) is 10.1. The van der Waals surface area contributed by atoms with Crippen molar-refractivity contribution in [2.75, 3.05) is 42.9 Å². The van der Waals surface area contributed by atoms with Crippen LogP contribution < -0.4 is 10.2 Å². The number of hydrogen-bond acceptors (Lipinski definition) is 3. The number of hydrogen-bond donors (Lipinski definition) is 1. The van der Waals surface area contributed by atoms with E-state index in [-0.39, 0.29) is 5.91 Å². The molecule has 1 fully saturated rings. The summed E-state index contributed by atoms with van der Waals surface area (Å²) in [5.74, 6) is 0.131. The van der Waals surface area contributed by atoms with Gasteiger partial charge >= 0.3 is 0 Å². The first-order chi connectivity index (χ1) is 12.2. The van der Waals surface area contributed by atoms with Crippen molar-refractivity contribution in [1.82, 2.24) is 4.90 Å². The van der Waals surface area contributed by atoms with Crippen LogP contribution >= 0.6 is 0 Å². The average Bonchev–Trinajstić information content (AvgIpc) is 2.90. The Bertz CT molecular complexity index is 488. The third-order valence-electron chi connectivity index (χ3n) is 5.11. The lowest BCUT2D eigenvalue weighted by Crippen LogP contribution is -2.25. The van der Waals surface area contributed by atoms with E-state index in [9.17, 15) is 4.79 Å². The lowest BCUT2D eigenvalue weighted by Gasteiger charge is -2.21. The van der Waals surface area contributed by atoms with Crippen LogP contribution in [-0.2, 0) is 4.79 Å². The van der Waals surface area contributed by atoms with Crippen LogP contribution in [-0.4, -0.2) is 43.5 Å². The van der Waals surface area contributed by atoms with Gasteiger partial charge in [0.25, 0.3) is 0 Å². The van der Waals surface area contributed by atoms with Gasteiger partial charge in [0.2, 0.25) is 5.91 Å². The number of rotatable bonds is 9. The molecule has 2 rings (SSSR count). The topological polar surface area (TPSA) is 35.6 Å². The molecule has 1 amide bonds. The largest absolute Gasteiger partial charge is 0.372 e. The Morgan fingerprint density at radius 1 is 1.00 bits per heavy atom. The van der Waals surface area contributed by atoms with Crippen LogP contribution in [0.3, 0.4) is 0 Å². The molecule has 140 valence electrons. The number of nitrogens with zero attached hydrogens (tertiary/aromatic N) is 2. The number of nitrogens with one attached hydrogen (secondary N) is 1. The van der Waals surface area contributed by atoms with Crippen LogP contribution in [0, 0.1) is 0 Å². The van der Waals surface area contributed by atoms with Crippen LogP contribution in [0.15, 0.2) is 24.3 Å². The Morgan fingerprint density at radius 2 is 1.64 bits per heavy atom. The van der Waals surface area contributed by atoms with E-state index in [0.29, 0.717) is 6.42 Å². The quantitative estimate of drug-likeness (QED) is 0.669. The Morgan fingerprint density at radius 3 is 2.24 bits per heavy atom.